The molecular weight excluding hydrogens is 336 g/mol. The number of Topliss-reactive ketones (excluding diaryl/α,β-unsaturated/α-hetero) is 1. The number of aliphatic carboxylic acids is 1. The number of carbonyl (C=O) groups is 2. The Morgan fingerprint density at radius 1 is 1.16 bits per heavy atom. The Balaban J connectivity index is 2.19. The van der Waals surface area contributed by atoms with E-state index in [1.54, 1.807) is 11.8 Å². The van der Waals surface area contributed by atoms with Crippen molar-refractivity contribution < 1.29 is 19.8 Å². The summed E-state index contributed by atoms with van der Waals surface area (Å²) in [5, 5.41) is 19.1. The molecule has 4 nitrogen and oxygen atoms in total. The van der Waals surface area contributed by atoms with E-state index in [0.29, 0.717) is 23.4 Å². The average Bonchev–Trinajstić information content (AvgIpc) is 2.88. The third-order valence-electron chi connectivity index (χ3n) is 5.01. The molecule has 0 amide bonds. The summed E-state index contributed by atoms with van der Waals surface area (Å²) in [6.45, 7) is 4.41. The van der Waals surface area contributed by atoms with Crippen LogP contribution in [-0.2, 0) is 9.59 Å². The van der Waals surface area contributed by atoms with Crippen molar-refractivity contribution in [2.75, 3.05) is 5.75 Å². The smallest absolute Gasteiger partial charge is 0.303 e. The first-order valence-electron chi connectivity index (χ1n) is 9.94. The van der Waals surface area contributed by atoms with Crippen molar-refractivity contribution in [2.45, 2.75) is 95.8 Å². The zero-order chi connectivity index (χ0) is 18.7. The molecule has 0 spiro atoms. The summed E-state index contributed by atoms with van der Waals surface area (Å²) < 4.78 is 0. The molecule has 1 aliphatic rings. The van der Waals surface area contributed by atoms with Gasteiger partial charge >= 0.3 is 5.97 Å². The summed E-state index contributed by atoms with van der Waals surface area (Å²) in [7, 11) is 0. The van der Waals surface area contributed by atoms with Crippen LogP contribution in [0.5, 0.6) is 0 Å². The van der Waals surface area contributed by atoms with Gasteiger partial charge in [-0.3, -0.25) is 9.59 Å². The second-order valence-electron chi connectivity index (χ2n) is 7.81. The molecule has 1 fully saturated rings. The number of carboxylic acids is 1. The predicted molar refractivity (Wildman–Crippen MR) is 104 cm³/mol. The summed E-state index contributed by atoms with van der Waals surface area (Å²) in [5.74, 6) is 1.23. The van der Waals surface area contributed by atoms with Crippen molar-refractivity contribution in [3.05, 3.63) is 0 Å². The van der Waals surface area contributed by atoms with Crippen LogP contribution in [0.4, 0.5) is 0 Å². The first-order chi connectivity index (χ1) is 11.9. The SMILES string of the molecule is CC(C)CCCC(O)CSC1CCC(=O)C1CCCCCCC(=O)O. The largest absolute Gasteiger partial charge is 0.481 e. The van der Waals surface area contributed by atoms with Crippen molar-refractivity contribution in [1.82, 2.24) is 0 Å². The topological polar surface area (TPSA) is 74.6 Å². The number of hydrogen-bond donors (Lipinski definition) is 2. The first-order valence-corrected chi connectivity index (χ1v) is 11.0. The highest BCUT2D eigenvalue weighted by Crippen LogP contribution is 2.36. The molecule has 1 rings (SSSR count). The number of hydrogen-bond acceptors (Lipinski definition) is 4. The van der Waals surface area contributed by atoms with Gasteiger partial charge in [0.25, 0.3) is 0 Å². The molecule has 0 aromatic carbocycles. The predicted octanol–water partition coefficient (Wildman–Crippen LogP) is 4.68. The van der Waals surface area contributed by atoms with Crippen LogP contribution in [0.25, 0.3) is 0 Å². The number of unbranched alkanes of at least 4 members (excludes halogenated alkanes) is 3. The Morgan fingerprint density at radius 3 is 2.56 bits per heavy atom. The van der Waals surface area contributed by atoms with Crippen LogP contribution in [0.2, 0.25) is 0 Å². The van der Waals surface area contributed by atoms with Gasteiger partial charge in [-0.2, -0.15) is 11.8 Å². The maximum absolute atomic E-state index is 12.1. The van der Waals surface area contributed by atoms with Gasteiger partial charge in [-0.15, -0.1) is 0 Å². The molecule has 3 unspecified atom stereocenters. The zero-order valence-corrected chi connectivity index (χ0v) is 16.7. The number of ketones is 1. The third-order valence-corrected chi connectivity index (χ3v) is 6.58. The van der Waals surface area contributed by atoms with Crippen molar-refractivity contribution >= 4 is 23.5 Å². The maximum atomic E-state index is 12.1. The lowest BCUT2D eigenvalue weighted by molar-refractivity contribution is -0.137. The fraction of sp³-hybridized carbons (Fsp3) is 0.900. The van der Waals surface area contributed by atoms with E-state index in [1.807, 2.05) is 0 Å². The second-order valence-corrected chi connectivity index (χ2v) is 9.08. The van der Waals surface area contributed by atoms with E-state index in [-0.39, 0.29) is 18.4 Å². The van der Waals surface area contributed by atoms with Crippen LogP contribution in [0.3, 0.4) is 0 Å². The van der Waals surface area contributed by atoms with Crippen LogP contribution >= 0.6 is 11.8 Å². The Bertz CT molecular complexity index is 397. The van der Waals surface area contributed by atoms with E-state index in [4.69, 9.17) is 5.11 Å². The van der Waals surface area contributed by atoms with Gasteiger partial charge in [-0.1, -0.05) is 46.0 Å². The van der Waals surface area contributed by atoms with Crippen LogP contribution in [0, 0.1) is 11.8 Å². The first kappa shape index (κ1) is 22.5. The molecule has 0 aromatic rings. The van der Waals surface area contributed by atoms with Gasteiger partial charge in [-0.25, -0.2) is 0 Å². The van der Waals surface area contributed by atoms with Crippen LogP contribution in [0.15, 0.2) is 0 Å². The van der Waals surface area contributed by atoms with Crippen LogP contribution in [-0.4, -0.2) is 39.1 Å². The number of thioether (sulfide) groups is 1. The highest BCUT2D eigenvalue weighted by Gasteiger charge is 2.34. The summed E-state index contributed by atoms with van der Waals surface area (Å²) in [5.41, 5.74) is 0. The Hall–Kier alpha value is -0.550. The number of carboxylic acid groups (broad SMARTS) is 1. The quantitative estimate of drug-likeness (QED) is 0.433. The minimum atomic E-state index is -0.727. The molecule has 0 aromatic heterocycles. The summed E-state index contributed by atoms with van der Waals surface area (Å²) in [6.07, 6.45) is 9.32. The van der Waals surface area contributed by atoms with Gasteiger partial charge in [0.1, 0.15) is 5.78 Å². The molecule has 0 bridgehead atoms. The summed E-state index contributed by atoms with van der Waals surface area (Å²) >= 11 is 1.79. The van der Waals surface area contributed by atoms with Crippen LogP contribution in [0.1, 0.15) is 84.5 Å². The van der Waals surface area contributed by atoms with Gasteiger partial charge in [0.2, 0.25) is 0 Å². The lowest BCUT2D eigenvalue weighted by atomic mass is 9.98. The van der Waals surface area contributed by atoms with Gasteiger partial charge < -0.3 is 10.2 Å². The van der Waals surface area contributed by atoms with Gasteiger partial charge in [0.15, 0.2) is 0 Å². The number of aliphatic hydroxyl groups is 1. The van der Waals surface area contributed by atoms with E-state index in [9.17, 15) is 14.7 Å². The Morgan fingerprint density at radius 2 is 1.88 bits per heavy atom. The molecule has 3 atom stereocenters. The van der Waals surface area contributed by atoms with E-state index in [2.05, 4.69) is 13.8 Å². The maximum Gasteiger partial charge on any atom is 0.303 e. The zero-order valence-electron chi connectivity index (χ0n) is 15.9. The van der Waals surface area contributed by atoms with Gasteiger partial charge in [0, 0.05) is 29.8 Å². The molecule has 2 N–H and O–H groups in total. The lowest BCUT2D eigenvalue weighted by Crippen LogP contribution is -2.20. The number of carbonyl (C=O) groups excluding carboxylic acids is 1. The minimum absolute atomic E-state index is 0.146. The fourth-order valence-corrected chi connectivity index (χ4v) is 4.94. The highest BCUT2D eigenvalue weighted by molar-refractivity contribution is 8.00. The number of aliphatic hydroxyl groups excluding tert-OH is 1. The van der Waals surface area contributed by atoms with Crippen molar-refractivity contribution in [1.29, 1.82) is 0 Å². The highest BCUT2D eigenvalue weighted by atomic mass is 32.2. The molecule has 0 aliphatic heterocycles. The summed E-state index contributed by atoms with van der Waals surface area (Å²) in [6, 6.07) is 0. The van der Waals surface area contributed by atoms with Crippen molar-refractivity contribution in [3.63, 3.8) is 0 Å². The van der Waals surface area contributed by atoms with Gasteiger partial charge in [-0.05, 0) is 31.6 Å². The summed E-state index contributed by atoms with van der Waals surface area (Å²) in [4.78, 5) is 22.6. The lowest BCUT2D eigenvalue weighted by Gasteiger charge is -2.20. The Labute approximate surface area is 157 Å². The third kappa shape index (κ3) is 10.2. The van der Waals surface area contributed by atoms with E-state index >= 15 is 0 Å². The second kappa shape index (κ2) is 12.7. The standard InChI is InChI=1S/C20H36O4S/c1-15(2)8-7-9-16(21)14-25-19-13-12-18(22)17(19)10-5-3-4-6-11-20(23)24/h15-17,19,21H,3-14H2,1-2H3,(H,23,24). The minimum Gasteiger partial charge on any atom is -0.481 e. The molecule has 5 heteroatoms. The molecule has 146 valence electrons. The average molecular weight is 373 g/mol. The molecule has 1 saturated carbocycles. The molecule has 25 heavy (non-hydrogen) atoms. The molecule has 0 saturated heterocycles. The molecule has 0 radical (unpaired) electrons. The molecule has 0 heterocycles. The van der Waals surface area contributed by atoms with Crippen LogP contribution < -0.4 is 0 Å². The van der Waals surface area contributed by atoms with E-state index < -0.39 is 5.97 Å². The van der Waals surface area contributed by atoms with E-state index in [1.165, 1.54) is 0 Å². The Kier molecular flexibility index (Phi) is 11.5. The van der Waals surface area contributed by atoms with Gasteiger partial charge in [0.05, 0.1) is 6.10 Å². The fourth-order valence-electron chi connectivity index (χ4n) is 3.50. The van der Waals surface area contributed by atoms with Crippen molar-refractivity contribution in [2.24, 2.45) is 11.8 Å². The molecular formula is C20H36O4S. The normalized spacial score (nSPS) is 21.8. The van der Waals surface area contributed by atoms with E-state index in [0.717, 1.165) is 63.5 Å². The monoisotopic (exact) mass is 372 g/mol. The molecule has 1 aliphatic carbocycles. The number of rotatable bonds is 14. The van der Waals surface area contributed by atoms with Crippen molar-refractivity contribution in [3.8, 4) is 0 Å².